The minimum Gasteiger partial charge on any atom is -0.382 e. The highest BCUT2D eigenvalue weighted by atomic mass is 16.8. The van der Waals surface area contributed by atoms with Crippen LogP contribution in [0.2, 0.25) is 0 Å². The smallest absolute Gasteiger partial charge is 0.195 e. The highest BCUT2D eigenvalue weighted by molar-refractivity contribution is 5.97. The van der Waals surface area contributed by atoms with Gasteiger partial charge in [-0.05, 0) is 56.7 Å². The molecule has 3 aromatic rings. The lowest BCUT2D eigenvalue weighted by Gasteiger charge is -2.67. The molecular formula is C30H34N4O5. The fourth-order valence-corrected chi connectivity index (χ4v) is 9.07. The average Bonchev–Trinajstić information content (AvgIpc) is 3.65. The minimum absolute atomic E-state index is 0.166. The first-order valence-electron chi connectivity index (χ1n) is 14.0. The summed E-state index contributed by atoms with van der Waals surface area (Å²) in [5, 5.41) is 25.2. The molecule has 2 aliphatic heterocycles. The summed E-state index contributed by atoms with van der Waals surface area (Å²) in [7, 11) is 0. The Morgan fingerprint density at radius 1 is 1.18 bits per heavy atom. The first-order valence-corrected chi connectivity index (χ1v) is 14.0. The van der Waals surface area contributed by atoms with Crippen molar-refractivity contribution in [1.29, 1.82) is 0 Å². The number of hydrogen-bond acceptors (Lipinski definition) is 7. The van der Waals surface area contributed by atoms with Gasteiger partial charge in [0.15, 0.2) is 17.7 Å². The number of rotatable bonds is 3. The number of aromatic nitrogens is 4. The number of aliphatic hydroxyl groups is 1. The normalized spacial score (nSPS) is 41.6. The summed E-state index contributed by atoms with van der Waals surface area (Å²) in [5.41, 5.74) is 1.38. The summed E-state index contributed by atoms with van der Waals surface area (Å²) in [6.07, 6.45) is 4.67. The monoisotopic (exact) mass is 530 g/mol. The molecule has 2 bridgehead atoms. The van der Waals surface area contributed by atoms with Crippen LogP contribution in [0.3, 0.4) is 0 Å². The lowest BCUT2D eigenvalue weighted by Crippen LogP contribution is -2.74. The number of ether oxygens (including phenoxy) is 3. The molecule has 8 rings (SSSR count). The molecule has 5 aliphatic rings. The van der Waals surface area contributed by atoms with Gasteiger partial charge in [-0.3, -0.25) is 4.79 Å². The zero-order chi connectivity index (χ0) is 27.0. The maximum absolute atomic E-state index is 13.5. The van der Waals surface area contributed by atoms with Crippen LogP contribution in [0, 0.1) is 11.3 Å². The van der Waals surface area contributed by atoms with Gasteiger partial charge in [-0.2, -0.15) is 15.4 Å². The van der Waals surface area contributed by atoms with Gasteiger partial charge in [0.25, 0.3) is 0 Å². The second-order valence-corrected chi connectivity index (χ2v) is 13.1. The molecular weight excluding hydrogens is 496 g/mol. The molecule has 4 heterocycles. The van der Waals surface area contributed by atoms with E-state index >= 15 is 0 Å². The lowest BCUT2D eigenvalue weighted by atomic mass is 9.41. The largest absolute Gasteiger partial charge is 0.382 e. The third kappa shape index (κ3) is 2.68. The number of nitrogens with zero attached hydrogens (tertiary/aromatic N) is 2. The summed E-state index contributed by atoms with van der Waals surface area (Å²) < 4.78 is 19.6. The summed E-state index contributed by atoms with van der Waals surface area (Å²) in [4.78, 5) is 17.2. The van der Waals surface area contributed by atoms with Gasteiger partial charge in [0.05, 0.1) is 18.9 Å². The van der Waals surface area contributed by atoms with Gasteiger partial charge in [0.1, 0.15) is 16.9 Å². The van der Waals surface area contributed by atoms with E-state index in [1.807, 2.05) is 13.8 Å². The topological polar surface area (TPSA) is 122 Å². The second kappa shape index (κ2) is 7.26. The van der Waals surface area contributed by atoms with Crippen molar-refractivity contribution in [2.75, 3.05) is 0 Å². The Labute approximate surface area is 226 Å². The number of ketones is 1. The van der Waals surface area contributed by atoms with Gasteiger partial charge in [0, 0.05) is 39.4 Å². The van der Waals surface area contributed by atoms with Crippen LogP contribution in [0.1, 0.15) is 63.9 Å². The van der Waals surface area contributed by atoms with E-state index in [1.165, 1.54) is 16.6 Å². The first-order chi connectivity index (χ1) is 18.5. The Bertz CT molecular complexity index is 1560. The van der Waals surface area contributed by atoms with E-state index < -0.39 is 40.0 Å². The maximum Gasteiger partial charge on any atom is 0.195 e. The van der Waals surface area contributed by atoms with E-state index in [2.05, 4.69) is 58.5 Å². The molecule has 39 heavy (non-hydrogen) atoms. The van der Waals surface area contributed by atoms with Gasteiger partial charge >= 0.3 is 0 Å². The van der Waals surface area contributed by atoms with E-state index in [1.54, 1.807) is 12.3 Å². The highest BCUT2D eigenvalue weighted by Gasteiger charge is 2.78. The van der Waals surface area contributed by atoms with Crippen LogP contribution in [0.25, 0.3) is 10.9 Å². The lowest BCUT2D eigenvalue weighted by molar-refractivity contribution is -0.282. The standard InChI is InChI=1S/C30H34N4O5/c1-26(2)25-21(35)13-22-29(38-25,39-26)10-9-27(3)28(4)16(11-19-18-7-5-6-8-20(18)32-24(19)28)12-23(30(22,27)36)37-15-17-14-31-34-33-17/h5-8,13-14,16,23,25,32,36H,9-12,15H2,1-4H3,(H,31,33,34)/t16-,23+,25?,27?,28-,29+,30+/m1/s1. The van der Waals surface area contributed by atoms with E-state index in [0.717, 1.165) is 11.9 Å². The summed E-state index contributed by atoms with van der Waals surface area (Å²) >= 11 is 0. The van der Waals surface area contributed by atoms with Crippen molar-refractivity contribution in [2.24, 2.45) is 11.3 Å². The number of fused-ring (bicyclic) bond motifs is 9. The van der Waals surface area contributed by atoms with Gasteiger partial charge < -0.3 is 24.3 Å². The molecule has 0 radical (unpaired) electrons. The quantitative estimate of drug-likeness (QED) is 0.473. The summed E-state index contributed by atoms with van der Waals surface area (Å²) in [6.45, 7) is 8.45. The third-order valence-corrected chi connectivity index (χ3v) is 11.1. The number of para-hydroxylation sites is 1. The van der Waals surface area contributed by atoms with Crippen LogP contribution < -0.4 is 0 Å². The van der Waals surface area contributed by atoms with Crippen molar-refractivity contribution >= 4 is 16.7 Å². The van der Waals surface area contributed by atoms with Crippen molar-refractivity contribution in [2.45, 2.75) is 94.6 Å². The minimum atomic E-state index is -1.53. The zero-order valence-corrected chi connectivity index (χ0v) is 22.7. The molecule has 7 atom stereocenters. The Kier molecular flexibility index (Phi) is 4.46. The van der Waals surface area contributed by atoms with E-state index in [9.17, 15) is 9.90 Å². The Hall–Kier alpha value is -2.85. The van der Waals surface area contributed by atoms with Crippen molar-refractivity contribution in [3.63, 3.8) is 0 Å². The SMILES string of the molecule is CC1(C)O[C@@]23CCC4(C)[C@@]5(C)c6[nH]c7ccccc7c6C[C@@H]5C[C@H](OCc5cn[nH]n5)[C@@]4(O)C2=CC(=O)C1O3. The van der Waals surface area contributed by atoms with Gasteiger partial charge in [-0.15, -0.1) is 0 Å². The molecule has 0 amide bonds. The zero-order valence-electron chi connectivity index (χ0n) is 22.7. The number of hydrogen-bond donors (Lipinski definition) is 3. The molecule has 2 saturated carbocycles. The van der Waals surface area contributed by atoms with Crippen LogP contribution in [0.15, 0.2) is 42.1 Å². The molecule has 9 nitrogen and oxygen atoms in total. The molecule has 3 fully saturated rings. The fourth-order valence-electron chi connectivity index (χ4n) is 9.07. The molecule has 3 aliphatic carbocycles. The highest BCUT2D eigenvalue weighted by Crippen LogP contribution is 2.72. The van der Waals surface area contributed by atoms with Crippen LogP contribution >= 0.6 is 0 Å². The van der Waals surface area contributed by atoms with Crippen molar-refractivity contribution in [1.82, 2.24) is 20.4 Å². The molecule has 204 valence electrons. The number of carbonyl (C=O) groups excluding carboxylic acids is 1. The van der Waals surface area contributed by atoms with Crippen LogP contribution in [0.5, 0.6) is 0 Å². The van der Waals surface area contributed by atoms with E-state index in [4.69, 9.17) is 14.2 Å². The summed E-state index contributed by atoms with van der Waals surface area (Å²) in [6, 6.07) is 8.43. The van der Waals surface area contributed by atoms with Crippen LogP contribution in [-0.2, 0) is 37.4 Å². The molecule has 1 aromatic carbocycles. The molecule has 2 unspecified atom stereocenters. The predicted octanol–water partition coefficient (Wildman–Crippen LogP) is 3.64. The van der Waals surface area contributed by atoms with Gasteiger partial charge in [-0.25, -0.2) is 0 Å². The molecule has 9 heteroatoms. The number of benzene rings is 1. The van der Waals surface area contributed by atoms with Crippen LogP contribution in [-0.4, -0.2) is 60.5 Å². The fraction of sp³-hybridized carbons (Fsp3) is 0.567. The molecule has 3 N–H and O–H groups in total. The number of nitrogens with one attached hydrogen (secondary N) is 2. The molecule has 1 saturated heterocycles. The predicted molar refractivity (Wildman–Crippen MR) is 141 cm³/mol. The van der Waals surface area contributed by atoms with Crippen molar-refractivity contribution in [3.05, 3.63) is 59.1 Å². The Morgan fingerprint density at radius 2 is 2.00 bits per heavy atom. The first kappa shape index (κ1) is 24.0. The van der Waals surface area contributed by atoms with Gasteiger partial charge in [0.2, 0.25) is 0 Å². The second-order valence-electron chi connectivity index (χ2n) is 13.1. The maximum atomic E-state index is 13.5. The van der Waals surface area contributed by atoms with Crippen molar-refractivity contribution in [3.8, 4) is 0 Å². The molecule has 1 spiro atoms. The van der Waals surface area contributed by atoms with Crippen LogP contribution in [0.4, 0.5) is 0 Å². The van der Waals surface area contributed by atoms with Gasteiger partial charge in [-0.1, -0.05) is 32.0 Å². The number of carbonyl (C=O) groups is 1. The number of H-pyrrole nitrogens is 2. The van der Waals surface area contributed by atoms with E-state index in [-0.39, 0.29) is 18.3 Å². The average molecular weight is 531 g/mol. The Balaban J connectivity index is 1.32. The Morgan fingerprint density at radius 3 is 2.79 bits per heavy atom. The van der Waals surface area contributed by atoms with E-state index in [0.29, 0.717) is 30.5 Å². The van der Waals surface area contributed by atoms with Crippen molar-refractivity contribution < 1.29 is 24.1 Å². The third-order valence-electron chi connectivity index (χ3n) is 11.1. The number of aromatic amines is 2. The summed E-state index contributed by atoms with van der Waals surface area (Å²) in [5.74, 6) is -1.09. The molecule has 2 aromatic heterocycles.